The molecule has 1 aliphatic heterocycles. The Balaban J connectivity index is 1.49. The third-order valence-corrected chi connectivity index (χ3v) is 5.81. The monoisotopic (exact) mass is 434 g/mol. The van der Waals surface area contributed by atoms with E-state index >= 15 is 0 Å². The zero-order chi connectivity index (χ0) is 22.5. The van der Waals surface area contributed by atoms with Gasteiger partial charge in [-0.2, -0.15) is 0 Å². The summed E-state index contributed by atoms with van der Waals surface area (Å²) in [5.41, 5.74) is 3.68. The number of methoxy groups -OCH3 is 1. The van der Waals surface area contributed by atoms with Crippen molar-refractivity contribution in [1.82, 2.24) is 15.0 Å². The van der Waals surface area contributed by atoms with E-state index in [2.05, 4.69) is 20.3 Å². The Morgan fingerprint density at radius 1 is 1.09 bits per heavy atom. The van der Waals surface area contributed by atoms with Gasteiger partial charge in [-0.15, -0.1) is 0 Å². The smallest absolute Gasteiger partial charge is 0.246 e. The molecule has 4 rings (SSSR count). The van der Waals surface area contributed by atoms with E-state index in [0.29, 0.717) is 11.4 Å². The highest BCUT2D eigenvalue weighted by Crippen LogP contribution is 2.29. The summed E-state index contributed by atoms with van der Waals surface area (Å²) in [6.45, 7) is 7.95. The maximum atomic E-state index is 13.5. The molecule has 0 unspecified atom stereocenters. The Morgan fingerprint density at radius 2 is 1.84 bits per heavy atom. The fraction of sp³-hybridized carbons (Fsp3) is 0.360. The lowest BCUT2D eigenvalue weighted by molar-refractivity contribution is -0.122. The molecule has 1 fully saturated rings. The predicted octanol–water partition coefficient (Wildman–Crippen LogP) is 3.80. The van der Waals surface area contributed by atoms with Crippen LogP contribution in [0.3, 0.4) is 0 Å². The fourth-order valence-electron chi connectivity index (χ4n) is 4.19. The van der Waals surface area contributed by atoms with Crippen LogP contribution >= 0.6 is 0 Å². The van der Waals surface area contributed by atoms with Crippen LogP contribution in [0.2, 0.25) is 0 Å². The molecule has 0 radical (unpaired) electrons. The summed E-state index contributed by atoms with van der Waals surface area (Å²) in [5.74, 6) is 1.43. The van der Waals surface area contributed by atoms with Crippen LogP contribution in [0.5, 0.6) is 5.75 Å². The van der Waals surface area contributed by atoms with Crippen molar-refractivity contribution in [2.75, 3.05) is 38.6 Å². The number of amides is 1. The molecule has 2 heterocycles. The molecule has 0 aliphatic carbocycles. The predicted molar refractivity (Wildman–Crippen MR) is 124 cm³/mol. The number of anilines is 1. The summed E-state index contributed by atoms with van der Waals surface area (Å²) in [4.78, 5) is 18.1. The van der Waals surface area contributed by atoms with Gasteiger partial charge in [0.1, 0.15) is 17.6 Å². The number of hydrogen-bond acceptors (Lipinski definition) is 6. The molecule has 1 N–H and O–H groups in total. The maximum Gasteiger partial charge on any atom is 0.246 e. The molecular formula is C25H30N4O3. The molecule has 2 aromatic carbocycles. The Kier molecular flexibility index (Phi) is 6.87. The number of aromatic nitrogens is 1. The van der Waals surface area contributed by atoms with Crippen LogP contribution in [0, 0.1) is 13.8 Å². The van der Waals surface area contributed by atoms with Gasteiger partial charge in [-0.3, -0.25) is 14.6 Å². The van der Waals surface area contributed by atoms with Gasteiger partial charge in [0.15, 0.2) is 0 Å². The van der Waals surface area contributed by atoms with E-state index in [-0.39, 0.29) is 11.9 Å². The van der Waals surface area contributed by atoms with Gasteiger partial charge in [-0.05, 0) is 37.1 Å². The number of carbonyl (C=O) groups is 1. The van der Waals surface area contributed by atoms with Crippen LogP contribution in [0.25, 0.3) is 0 Å². The topological polar surface area (TPSA) is 70.8 Å². The van der Waals surface area contributed by atoms with Crippen LogP contribution in [0.15, 0.2) is 59.1 Å². The van der Waals surface area contributed by atoms with Crippen LogP contribution in [0.4, 0.5) is 5.69 Å². The number of benzene rings is 2. The molecule has 1 atom stereocenters. The van der Waals surface area contributed by atoms with Crippen molar-refractivity contribution in [3.63, 3.8) is 0 Å². The van der Waals surface area contributed by atoms with E-state index in [0.717, 1.165) is 55.3 Å². The highest BCUT2D eigenvalue weighted by molar-refractivity contribution is 5.96. The highest BCUT2D eigenvalue weighted by atomic mass is 16.5. The second kappa shape index (κ2) is 9.97. The molecule has 32 heavy (non-hydrogen) atoms. The largest absolute Gasteiger partial charge is 0.495 e. The molecule has 1 aromatic heterocycles. The number of piperazine rings is 1. The molecule has 7 heteroatoms. The molecule has 0 spiro atoms. The van der Waals surface area contributed by atoms with Crippen molar-refractivity contribution in [3.05, 3.63) is 77.2 Å². The zero-order valence-electron chi connectivity index (χ0n) is 18.9. The van der Waals surface area contributed by atoms with Gasteiger partial charge in [0.25, 0.3) is 0 Å². The molecule has 0 bridgehead atoms. The van der Waals surface area contributed by atoms with Gasteiger partial charge in [-0.25, -0.2) is 0 Å². The summed E-state index contributed by atoms with van der Waals surface area (Å²) < 4.78 is 10.6. The number of hydrogen-bond donors (Lipinski definition) is 1. The van der Waals surface area contributed by atoms with E-state index in [1.165, 1.54) is 0 Å². The number of nitrogens with one attached hydrogen (secondary N) is 1. The first-order valence-electron chi connectivity index (χ1n) is 10.9. The Labute approximate surface area is 188 Å². The summed E-state index contributed by atoms with van der Waals surface area (Å²) in [6, 6.07) is 17.4. The average Bonchev–Trinajstić information content (AvgIpc) is 3.20. The standard InChI is InChI=1S/C25H30N4O3/c1-18-9-10-23(31-3)22(15-18)26-25(30)24(20-7-5-4-6-8-20)29-13-11-28(12-14-29)17-21-16-19(2)32-27-21/h4-10,15-16,24H,11-14,17H2,1-3H3,(H,26,30)/t24-/m1/s1. The van der Waals surface area contributed by atoms with E-state index in [9.17, 15) is 4.79 Å². The quantitative estimate of drug-likeness (QED) is 0.610. The Morgan fingerprint density at radius 3 is 2.50 bits per heavy atom. The van der Waals surface area contributed by atoms with Crippen molar-refractivity contribution in [3.8, 4) is 5.75 Å². The van der Waals surface area contributed by atoms with Gasteiger partial charge >= 0.3 is 0 Å². The summed E-state index contributed by atoms with van der Waals surface area (Å²) in [5, 5.41) is 7.21. The second-order valence-electron chi connectivity index (χ2n) is 8.25. The van der Waals surface area contributed by atoms with E-state index in [1.54, 1.807) is 7.11 Å². The highest BCUT2D eigenvalue weighted by Gasteiger charge is 2.31. The van der Waals surface area contributed by atoms with E-state index in [4.69, 9.17) is 9.26 Å². The SMILES string of the molecule is COc1ccc(C)cc1NC(=O)[C@@H](c1ccccc1)N1CCN(Cc2cc(C)on2)CC1. The lowest BCUT2D eigenvalue weighted by Gasteiger charge is -2.38. The lowest BCUT2D eigenvalue weighted by atomic mass is 10.0. The summed E-state index contributed by atoms with van der Waals surface area (Å²) in [7, 11) is 1.62. The van der Waals surface area contributed by atoms with E-state index in [1.807, 2.05) is 68.4 Å². The number of ether oxygens (including phenoxy) is 1. The molecule has 168 valence electrons. The molecule has 1 amide bonds. The van der Waals surface area contributed by atoms with Crippen LogP contribution < -0.4 is 10.1 Å². The molecule has 7 nitrogen and oxygen atoms in total. The average molecular weight is 435 g/mol. The molecule has 3 aromatic rings. The van der Waals surface area contributed by atoms with Crippen molar-refractivity contribution >= 4 is 11.6 Å². The summed E-state index contributed by atoms with van der Waals surface area (Å²) in [6.07, 6.45) is 0. The molecule has 0 saturated carbocycles. The van der Waals surface area contributed by atoms with Gasteiger partial charge < -0.3 is 14.6 Å². The zero-order valence-corrected chi connectivity index (χ0v) is 18.9. The number of rotatable bonds is 7. The fourth-order valence-corrected chi connectivity index (χ4v) is 4.19. The van der Waals surface area contributed by atoms with Crippen molar-refractivity contribution in [2.24, 2.45) is 0 Å². The molecule has 1 aliphatic rings. The number of nitrogens with zero attached hydrogens (tertiary/aromatic N) is 3. The van der Waals surface area contributed by atoms with Crippen molar-refractivity contribution in [1.29, 1.82) is 0 Å². The van der Waals surface area contributed by atoms with Gasteiger partial charge in [0.05, 0.1) is 18.5 Å². The first-order chi connectivity index (χ1) is 15.5. The van der Waals surface area contributed by atoms with Crippen LogP contribution in [0.1, 0.15) is 28.6 Å². The van der Waals surface area contributed by atoms with Gasteiger partial charge in [-0.1, -0.05) is 41.6 Å². The second-order valence-corrected chi connectivity index (χ2v) is 8.25. The lowest BCUT2D eigenvalue weighted by Crippen LogP contribution is -2.49. The van der Waals surface area contributed by atoms with Gasteiger partial charge in [0.2, 0.25) is 5.91 Å². The van der Waals surface area contributed by atoms with Gasteiger partial charge in [0, 0.05) is 38.8 Å². The van der Waals surface area contributed by atoms with Crippen molar-refractivity contribution in [2.45, 2.75) is 26.4 Å². The number of aryl methyl sites for hydroxylation is 2. The first kappa shape index (κ1) is 22.0. The first-order valence-corrected chi connectivity index (χ1v) is 10.9. The Bertz CT molecular complexity index is 1040. The molecule has 1 saturated heterocycles. The van der Waals surface area contributed by atoms with Crippen LogP contribution in [-0.2, 0) is 11.3 Å². The minimum atomic E-state index is -0.377. The summed E-state index contributed by atoms with van der Waals surface area (Å²) >= 11 is 0. The molecular weight excluding hydrogens is 404 g/mol. The maximum absolute atomic E-state index is 13.5. The minimum Gasteiger partial charge on any atom is -0.495 e. The van der Waals surface area contributed by atoms with E-state index < -0.39 is 0 Å². The van der Waals surface area contributed by atoms with Crippen LogP contribution in [-0.4, -0.2) is 54.2 Å². The third-order valence-electron chi connectivity index (χ3n) is 5.81. The minimum absolute atomic E-state index is 0.0549. The number of carbonyl (C=O) groups excluding carboxylic acids is 1. The normalized spacial score (nSPS) is 16.0. The van der Waals surface area contributed by atoms with Crippen molar-refractivity contribution < 1.29 is 14.1 Å². The Hall–Kier alpha value is -3.16. The third kappa shape index (κ3) is 5.18.